The molecular weight excluding hydrogens is 332 g/mol. The van der Waals surface area contributed by atoms with Crippen molar-refractivity contribution in [3.05, 3.63) is 58.4 Å². The molecule has 2 heterocycles. The maximum atomic E-state index is 12.0. The minimum Gasteiger partial charge on any atom is -0.422 e. The van der Waals surface area contributed by atoms with Crippen LogP contribution < -0.4 is 4.90 Å². The summed E-state index contributed by atoms with van der Waals surface area (Å²) in [4.78, 5) is 15.4. The Bertz CT molecular complexity index is 866. The first kappa shape index (κ1) is 17.4. The highest BCUT2D eigenvalue weighted by molar-refractivity contribution is 8.03. The summed E-state index contributed by atoms with van der Waals surface area (Å²) in [5.41, 5.74) is 1.61. The number of nitrogens with zero attached hydrogens (tertiary/aromatic N) is 2. The number of fused-ring (bicyclic) bond motifs is 1. The zero-order valence-electron chi connectivity index (χ0n) is 14.8. The highest BCUT2D eigenvalue weighted by atomic mass is 32.2. The Morgan fingerprint density at radius 2 is 2.00 bits per heavy atom. The number of para-hydroxylation sites is 1. The van der Waals surface area contributed by atoms with E-state index in [4.69, 9.17) is 4.74 Å². The Morgan fingerprint density at radius 1 is 1.28 bits per heavy atom. The third kappa shape index (κ3) is 3.10. The molecule has 2 aliphatic heterocycles. The van der Waals surface area contributed by atoms with E-state index >= 15 is 0 Å². The molecule has 5 heteroatoms. The molecule has 1 aromatic rings. The Kier molecular flexibility index (Phi) is 4.49. The highest BCUT2D eigenvalue weighted by Gasteiger charge is 2.36. The van der Waals surface area contributed by atoms with E-state index in [0.717, 1.165) is 11.6 Å². The number of ether oxygens (including phenoxy) is 1. The lowest BCUT2D eigenvalue weighted by Gasteiger charge is -2.20. The lowest BCUT2D eigenvalue weighted by molar-refractivity contribution is -0.132. The van der Waals surface area contributed by atoms with Gasteiger partial charge in [0.15, 0.2) is 0 Å². The van der Waals surface area contributed by atoms with Crippen LogP contribution in [0.15, 0.2) is 63.2 Å². The van der Waals surface area contributed by atoms with Gasteiger partial charge in [-0.15, -0.1) is 0 Å². The minimum absolute atomic E-state index is 0.104. The molecule has 0 aliphatic carbocycles. The Morgan fingerprint density at radius 3 is 2.64 bits per heavy atom. The Hall–Kier alpha value is -2.45. The minimum atomic E-state index is -0.563. The molecule has 0 N–H and O–H groups in total. The number of cyclic esters (lactones) is 1. The van der Waals surface area contributed by atoms with Crippen LogP contribution in [0.2, 0.25) is 0 Å². The quantitative estimate of drug-likeness (QED) is 0.718. The first-order valence-corrected chi connectivity index (χ1v) is 9.02. The number of nitriles is 1. The van der Waals surface area contributed by atoms with E-state index in [2.05, 4.69) is 24.0 Å². The van der Waals surface area contributed by atoms with E-state index < -0.39 is 5.97 Å². The third-order valence-corrected chi connectivity index (χ3v) is 5.23. The summed E-state index contributed by atoms with van der Waals surface area (Å²) in [6.07, 6.45) is 3.77. The van der Waals surface area contributed by atoms with Crippen LogP contribution >= 0.6 is 11.8 Å². The van der Waals surface area contributed by atoms with Gasteiger partial charge >= 0.3 is 5.97 Å². The topological polar surface area (TPSA) is 53.3 Å². The molecule has 2 aliphatic rings. The summed E-state index contributed by atoms with van der Waals surface area (Å²) >= 11 is 1.69. The number of thioether (sulfide) groups is 1. The van der Waals surface area contributed by atoms with Crippen molar-refractivity contribution in [1.29, 1.82) is 5.26 Å². The fraction of sp³-hybridized carbons (Fsp3) is 0.300. The van der Waals surface area contributed by atoms with Gasteiger partial charge in [-0.3, -0.25) is 0 Å². The molecule has 128 valence electrons. The predicted molar refractivity (Wildman–Crippen MR) is 99.7 cm³/mol. The van der Waals surface area contributed by atoms with Crippen LogP contribution in [0.5, 0.6) is 0 Å². The fourth-order valence-electron chi connectivity index (χ4n) is 3.04. The van der Waals surface area contributed by atoms with Crippen molar-refractivity contribution in [2.24, 2.45) is 5.41 Å². The number of allylic oxidation sites excluding steroid dienone is 3. The summed E-state index contributed by atoms with van der Waals surface area (Å²) in [6, 6.07) is 10.2. The second kappa shape index (κ2) is 6.45. The van der Waals surface area contributed by atoms with Crippen molar-refractivity contribution in [3.8, 4) is 6.07 Å². The van der Waals surface area contributed by atoms with Crippen LogP contribution in [-0.4, -0.2) is 12.5 Å². The van der Waals surface area contributed by atoms with Gasteiger partial charge in [0.25, 0.3) is 0 Å². The number of hydrogen-bond acceptors (Lipinski definition) is 5. The van der Waals surface area contributed by atoms with Gasteiger partial charge in [0.2, 0.25) is 0 Å². The van der Waals surface area contributed by atoms with Gasteiger partial charge in [-0.05, 0) is 36.6 Å². The van der Waals surface area contributed by atoms with E-state index in [1.807, 2.05) is 45.0 Å². The third-order valence-electron chi connectivity index (χ3n) is 4.10. The van der Waals surface area contributed by atoms with Gasteiger partial charge in [0, 0.05) is 17.0 Å². The second-order valence-corrected chi connectivity index (χ2v) is 7.91. The summed E-state index contributed by atoms with van der Waals surface area (Å²) in [5, 5.41) is 10.4. The molecule has 4 nitrogen and oxygen atoms in total. The van der Waals surface area contributed by atoms with Crippen LogP contribution in [0, 0.1) is 16.7 Å². The molecule has 0 fully saturated rings. The SMILES string of the molecule is CCN1/C(=C\C=C2\OC(=O)C(C#N)=C2C(C)(C)C)Sc2ccccc21. The van der Waals surface area contributed by atoms with Crippen molar-refractivity contribution in [1.82, 2.24) is 0 Å². The maximum Gasteiger partial charge on any atom is 0.354 e. The van der Waals surface area contributed by atoms with Gasteiger partial charge in [-0.1, -0.05) is 44.7 Å². The standard InChI is InChI=1S/C20H20N2O2S/c1-5-22-14-8-6-7-9-16(14)25-17(22)11-10-15-18(20(2,3)4)13(12-21)19(23)24-15/h6-11H,5H2,1-4H3/b15-10+,17-11+. The molecule has 0 saturated carbocycles. The largest absolute Gasteiger partial charge is 0.422 e. The number of hydrogen-bond donors (Lipinski definition) is 0. The summed E-state index contributed by atoms with van der Waals surface area (Å²) < 4.78 is 5.36. The average molecular weight is 352 g/mol. The zero-order valence-corrected chi connectivity index (χ0v) is 15.6. The molecule has 0 atom stereocenters. The van der Waals surface area contributed by atoms with E-state index in [1.54, 1.807) is 17.8 Å². The maximum absolute atomic E-state index is 12.0. The van der Waals surface area contributed by atoms with E-state index in [9.17, 15) is 10.1 Å². The second-order valence-electron chi connectivity index (χ2n) is 6.85. The lowest BCUT2D eigenvalue weighted by Crippen LogP contribution is -2.16. The van der Waals surface area contributed by atoms with Crippen molar-refractivity contribution in [2.75, 3.05) is 11.4 Å². The molecule has 0 unspecified atom stereocenters. The Labute approximate surface area is 152 Å². The Balaban J connectivity index is 2.00. The molecule has 0 bridgehead atoms. The van der Waals surface area contributed by atoms with Crippen LogP contribution in [-0.2, 0) is 9.53 Å². The molecular formula is C20H20N2O2S. The highest BCUT2D eigenvalue weighted by Crippen LogP contribution is 2.46. The summed E-state index contributed by atoms with van der Waals surface area (Å²) in [5.74, 6) is -0.0963. The predicted octanol–water partition coefficient (Wildman–Crippen LogP) is 4.77. The van der Waals surface area contributed by atoms with Crippen LogP contribution in [0.4, 0.5) is 5.69 Å². The molecule has 0 aromatic heterocycles. The first-order chi connectivity index (χ1) is 11.9. The molecule has 0 radical (unpaired) electrons. The number of carbonyl (C=O) groups is 1. The molecule has 3 rings (SSSR count). The molecule has 1 aromatic carbocycles. The van der Waals surface area contributed by atoms with E-state index in [0.29, 0.717) is 11.3 Å². The molecule has 0 saturated heterocycles. The number of carbonyl (C=O) groups excluding carboxylic acids is 1. The number of esters is 1. The smallest absolute Gasteiger partial charge is 0.354 e. The number of rotatable bonds is 2. The van der Waals surface area contributed by atoms with E-state index in [-0.39, 0.29) is 11.0 Å². The van der Waals surface area contributed by atoms with Crippen molar-refractivity contribution >= 4 is 23.4 Å². The normalized spacial score (nSPS) is 20.3. The van der Waals surface area contributed by atoms with Crippen molar-refractivity contribution < 1.29 is 9.53 Å². The zero-order chi connectivity index (χ0) is 18.2. The van der Waals surface area contributed by atoms with Crippen molar-refractivity contribution in [3.63, 3.8) is 0 Å². The van der Waals surface area contributed by atoms with Gasteiger partial charge in [-0.25, -0.2) is 4.79 Å². The molecule has 25 heavy (non-hydrogen) atoms. The van der Waals surface area contributed by atoms with Crippen LogP contribution in [0.1, 0.15) is 27.7 Å². The average Bonchev–Trinajstić information content (AvgIpc) is 3.08. The fourth-order valence-corrected chi connectivity index (χ4v) is 4.17. The van der Waals surface area contributed by atoms with E-state index in [1.165, 1.54) is 10.6 Å². The van der Waals surface area contributed by atoms with Gasteiger partial charge < -0.3 is 9.64 Å². The summed E-state index contributed by atoms with van der Waals surface area (Å²) in [7, 11) is 0. The monoisotopic (exact) mass is 352 g/mol. The number of anilines is 1. The van der Waals surface area contributed by atoms with Crippen LogP contribution in [0.3, 0.4) is 0 Å². The lowest BCUT2D eigenvalue weighted by atomic mass is 9.83. The van der Waals surface area contributed by atoms with Gasteiger partial charge in [-0.2, -0.15) is 5.26 Å². The first-order valence-electron chi connectivity index (χ1n) is 8.20. The van der Waals surface area contributed by atoms with Crippen LogP contribution in [0.25, 0.3) is 0 Å². The van der Waals surface area contributed by atoms with Gasteiger partial charge in [0.05, 0.1) is 10.7 Å². The molecule has 0 amide bonds. The number of benzene rings is 1. The summed E-state index contributed by atoms with van der Waals surface area (Å²) in [6.45, 7) is 8.88. The molecule has 0 spiro atoms. The van der Waals surface area contributed by atoms with Gasteiger partial charge in [0.1, 0.15) is 17.4 Å². The van der Waals surface area contributed by atoms with Crippen molar-refractivity contribution in [2.45, 2.75) is 32.6 Å².